The van der Waals surface area contributed by atoms with Gasteiger partial charge in [-0.3, -0.25) is 14.4 Å². The summed E-state index contributed by atoms with van der Waals surface area (Å²) in [5.41, 5.74) is 0. The van der Waals surface area contributed by atoms with Gasteiger partial charge in [0.25, 0.3) is 0 Å². The van der Waals surface area contributed by atoms with Crippen LogP contribution in [0.4, 0.5) is 0 Å². The van der Waals surface area contributed by atoms with Crippen LogP contribution in [0, 0.1) is 0 Å². The fourth-order valence-electron chi connectivity index (χ4n) is 7.22. The van der Waals surface area contributed by atoms with E-state index in [9.17, 15) is 14.4 Å². The molecule has 0 N–H and O–H groups in total. The van der Waals surface area contributed by atoms with Gasteiger partial charge in [0.05, 0.1) is 0 Å². The largest absolute Gasteiger partial charge is 0.462 e. The Bertz CT molecular complexity index is 1000. The van der Waals surface area contributed by atoms with Crippen molar-refractivity contribution < 1.29 is 28.6 Å². The van der Waals surface area contributed by atoms with Crippen molar-refractivity contribution in [3.8, 4) is 0 Å². The average molecular weight is 829 g/mol. The molecule has 1 unspecified atom stereocenters. The van der Waals surface area contributed by atoms with Crippen molar-refractivity contribution in [3.63, 3.8) is 0 Å². The molecule has 344 valence electrons. The van der Waals surface area contributed by atoms with E-state index in [0.29, 0.717) is 19.3 Å². The molecule has 0 saturated carbocycles. The molecule has 1 atom stereocenters. The Morgan fingerprint density at radius 2 is 0.627 bits per heavy atom. The number of carbonyl (C=O) groups excluding carboxylic acids is 3. The summed E-state index contributed by atoms with van der Waals surface area (Å²) in [7, 11) is 0. The molecule has 6 nitrogen and oxygen atoms in total. The summed E-state index contributed by atoms with van der Waals surface area (Å²) in [6.45, 7) is 6.57. The quantitative estimate of drug-likeness (QED) is 0.0263. The van der Waals surface area contributed by atoms with Crippen molar-refractivity contribution in [1.29, 1.82) is 0 Å². The molecule has 0 saturated heterocycles. The Morgan fingerprint density at radius 1 is 0.339 bits per heavy atom. The maximum absolute atomic E-state index is 12.8. The highest BCUT2D eigenvalue weighted by Crippen LogP contribution is 2.15. The van der Waals surface area contributed by atoms with Crippen molar-refractivity contribution in [2.24, 2.45) is 0 Å². The third kappa shape index (κ3) is 46.5. The van der Waals surface area contributed by atoms with Gasteiger partial charge in [0.1, 0.15) is 13.2 Å². The van der Waals surface area contributed by atoms with E-state index in [0.717, 1.165) is 77.0 Å². The van der Waals surface area contributed by atoms with Crippen LogP contribution in [0.15, 0.2) is 36.5 Å². The lowest BCUT2D eigenvalue weighted by Gasteiger charge is -2.18. The Morgan fingerprint density at radius 3 is 1.03 bits per heavy atom. The van der Waals surface area contributed by atoms with Crippen LogP contribution in [0.5, 0.6) is 0 Å². The topological polar surface area (TPSA) is 78.9 Å². The highest BCUT2D eigenvalue weighted by molar-refractivity contribution is 5.71. The van der Waals surface area contributed by atoms with E-state index in [-0.39, 0.29) is 31.1 Å². The van der Waals surface area contributed by atoms with Crippen LogP contribution < -0.4 is 0 Å². The first-order valence-electron chi connectivity index (χ1n) is 25.5. The Balaban J connectivity index is 4.34. The fraction of sp³-hybridized carbons (Fsp3) is 0.830. The standard InChI is InChI=1S/C53H96O6/c1-4-7-10-13-16-19-22-24-25-26-27-29-31-34-37-40-43-46-52(55)58-49-50(48-57-51(54)45-42-39-36-33-30-21-18-15-12-9-6-3)59-53(56)47-44-41-38-35-32-28-23-20-17-14-11-8-5-2/h15-16,18-19,24-25,50H,4-14,17,20-23,26-49H2,1-3H3/b18-15-,19-16-,25-24-. The molecule has 0 aliphatic heterocycles. The van der Waals surface area contributed by atoms with Crippen LogP contribution in [0.3, 0.4) is 0 Å². The van der Waals surface area contributed by atoms with E-state index in [1.807, 2.05) is 0 Å². The van der Waals surface area contributed by atoms with Crippen molar-refractivity contribution in [1.82, 2.24) is 0 Å². The van der Waals surface area contributed by atoms with E-state index in [2.05, 4.69) is 57.2 Å². The van der Waals surface area contributed by atoms with Crippen molar-refractivity contribution >= 4 is 17.9 Å². The molecule has 0 rings (SSSR count). The van der Waals surface area contributed by atoms with Crippen LogP contribution in [0.25, 0.3) is 0 Å². The summed E-state index contributed by atoms with van der Waals surface area (Å²) in [6.07, 6.45) is 55.5. The number of allylic oxidation sites excluding steroid dienone is 6. The fourth-order valence-corrected chi connectivity index (χ4v) is 7.22. The highest BCUT2D eigenvalue weighted by atomic mass is 16.6. The number of esters is 3. The zero-order valence-electron chi connectivity index (χ0n) is 39.3. The molecule has 0 aliphatic rings. The highest BCUT2D eigenvalue weighted by Gasteiger charge is 2.19. The number of rotatable bonds is 46. The SMILES string of the molecule is CCCC/C=C\CCCCCCCC(=O)OCC(COC(=O)CCCCCCCCC/C=C\C/C=C\CCCCC)OC(=O)CCCCCCCCCCCCCCC. The lowest BCUT2D eigenvalue weighted by molar-refractivity contribution is -0.167. The van der Waals surface area contributed by atoms with Gasteiger partial charge in [0.2, 0.25) is 0 Å². The second-order valence-corrected chi connectivity index (χ2v) is 17.1. The Hall–Kier alpha value is -2.37. The summed E-state index contributed by atoms with van der Waals surface area (Å²) in [5.74, 6) is -0.884. The van der Waals surface area contributed by atoms with Gasteiger partial charge in [-0.25, -0.2) is 0 Å². The second kappa shape index (κ2) is 48.3. The number of hydrogen-bond donors (Lipinski definition) is 0. The van der Waals surface area contributed by atoms with Gasteiger partial charge in [0.15, 0.2) is 6.10 Å². The van der Waals surface area contributed by atoms with E-state index in [4.69, 9.17) is 14.2 Å². The average Bonchev–Trinajstić information content (AvgIpc) is 3.23. The van der Waals surface area contributed by atoms with Gasteiger partial charge < -0.3 is 14.2 Å². The minimum Gasteiger partial charge on any atom is -0.462 e. The second-order valence-electron chi connectivity index (χ2n) is 17.1. The molecular weight excluding hydrogens is 733 g/mol. The van der Waals surface area contributed by atoms with Gasteiger partial charge in [-0.05, 0) is 70.6 Å². The van der Waals surface area contributed by atoms with Gasteiger partial charge in [-0.15, -0.1) is 0 Å². The van der Waals surface area contributed by atoms with Crippen LogP contribution in [-0.2, 0) is 28.6 Å². The predicted octanol–water partition coefficient (Wildman–Crippen LogP) is 16.5. The Kier molecular flexibility index (Phi) is 46.4. The molecule has 0 amide bonds. The molecule has 0 fully saturated rings. The van der Waals surface area contributed by atoms with E-state index >= 15 is 0 Å². The number of unbranched alkanes of at least 4 members (excludes halogenated alkanes) is 29. The molecule has 0 aromatic heterocycles. The molecular formula is C53H96O6. The molecule has 0 spiro atoms. The maximum atomic E-state index is 12.8. The van der Waals surface area contributed by atoms with Crippen LogP contribution in [-0.4, -0.2) is 37.2 Å². The zero-order valence-corrected chi connectivity index (χ0v) is 39.3. The smallest absolute Gasteiger partial charge is 0.306 e. The summed E-state index contributed by atoms with van der Waals surface area (Å²) in [5, 5.41) is 0. The van der Waals surface area contributed by atoms with E-state index in [1.54, 1.807) is 0 Å². The number of ether oxygens (including phenoxy) is 3. The molecule has 6 heteroatoms. The van der Waals surface area contributed by atoms with Crippen LogP contribution >= 0.6 is 0 Å². The van der Waals surface area contributed by atoms with Crippen molar-refractivity contribution in [2.45, 2.75) is 271 Å². The first-order valence-corrected chi connectivity index (χ1v) is 25.5. The third-order valence-corrected chi connectivity index (χ3v) is 11.1. The number of carbonyl (C=O) groups is 3. The van der Waals surface area contributed by atoms with Gasteiger partial charge in [0, 0.05) is 19.3 Å². The molecule has 0 heterocycles. The van der Waals surface area contributed by atoms with Crippen molar-refractivity contribution in [3.05, 3.63) is 36.5 Å². The van der Waals surface area contributed by atoms with E-state index in [1.165, 1.54) is 148 Å². The summed E-state index contributed by atoms with van der Waals surface area (Å²) >= 11 is 0. The molecule has 0 aromatic carbocycles. The zero-order chi connectivity index (χ0) is 43.0. The Labute approximate surface area is 365 Å². The predicted molar refractivity (Wildman–Crippen MR) is 252 cm³/mol. The van der Waals surface area contributed by atoms with Crippen LogP contribution in [0.2, 0.25) is 0 Å². The third-order valence-electron chi connectivity index (χ3n) is 11.1. The van der Waals surface area contributed by atoms with Crippen LogP contribution in [0.1, 0.15) is 265 Å². The lowest BCUT2D eigenvalue weighted by Crippen LogP contribution is -2.30. The molecule has 0 bridgehead atoms. The van der Waals surface area contributed by atoms with Gasteiger partial charge in [-0.2, -0.15) is 0 Å². The first-order chi connectivity index (χ1) is 29.0. The number of hydrogen-bond acceptors (Lipinski definition) is 6. The monoisotopic (exact) mass is 829 g/mol. The normalized spacial score (nSPS) is 12.3. The van der Waals surface area contributed by atoms with E-state index < -0.39 is 6.10 Å². The molecule has 59 heavy (non-hydrogen) atoms. The summed E-state index contributed by atoms with van der Waals surface area (Å²) < 4.78 is 16.8. The minimum absolute atomic E-state index is 0.0763. The first kappa shape index (κ1) is 56.6. The van der Waals surface area contributed by atoms with Gasteiger partial charge in [-0.1, -0.05) is 211 Å². The maximum Gasteiger partial charge on any atom is 0.306 e. The summed E-state index contributed by atoms with van der Waals surface area (Å²) in [4.78, 5) is 37.9. The lowest BCUT2D eigenvalue weighted by atomic mass is 10.0. The molecule has 0 radical (unpaired) electrons. The van der Waals surface area contributed by atoms with Crippen molar-refractivity contribution in [2.75, 3.05) is 13.2 Å². The molecule has 0 aromatic rings. The summed E-state index contributed by atoms with van der Waals surface area (Å²) in [6, 6.07) is 0. The minimum atomic E-state index is -0.774. The molecule has 0 aliphatic carbocycles. The van der Waals surface area contributed by atoms with Gasteiger partial charge >= 0.3 is 17.9 Å².